The van der Waals surface area contributed by atoms with Gasteiger partial charge in [0.05, 0.1) is 12.2 Å². The second-order valence-electron chi connectivity index (χ2n) is 4.48. The Kier molecular flexibility index (Phi) is 4.54. The third kappa shape index (κ3) is 3.37. The van der Waals surface area contributed by atoms with Crippen LogP contribution in [0, 0.1) is 6.92 Å². The first-order valence-corrected chi connectivity index (χ1v) is 7.89. The highest BCUT2D eigenvalue weighted by molar-refractivity contribution is 7.89. The van der Waals surface area contributed by atoms with Gasteiger partial charge < -0.3 is 4.42 Å². The number of aromatic nitrogens is 1. The number of carbonyl (C=O) groups is 1. The third-order valence-corrected chi connectivity index (χ3v) is 4.74. The number of aldehydes is 1. The molecule has 0 saturated heterocycles. The van der Waals surface area contributed by atoms with Crippen LogP contribution in [0.5, 0.6) is 0 Å². The summed E-state index contributed by atoms with van der Waals surface area (Å²) in [6.07, 6.45) is 0.470. The van der Waals surface area contributed by atoms with Crippen molar-refractivity contribution in [1.29, 1.82) is 0 Å². The van der Waals surface area contributed by atoms with Crippen molar-refractivity contribution >= 4 is 16.3 Å². The topological polar surface area (TPSA) is 80.5 Å². The highest BCUT2D eigenvalue weighted by Crippen LogP contribution is 2.19. The molecular formula is C14H16N2O4S. The second kappa shape index (κ2) is 6.19. The summed E-state index contributed by atoms with van der Waals surface area (Å²) in [6, 6.07) is 8.06. The normalized spacial score (nSPS) is 11.8. The minimum Gasteiger partial charge on any atom is -0.440 e. The monoisotopic (exact) mass is 308 g/mol. The molecule has 6 nitrogen and oxygen atoms in total. The number of hydrogen-bond donors (Lipinski definition) is 0. The molecule has 0 fully saturated rings. The Labute approximate surface area is 123 Å². The predicted octanol–water partition coefficient (Wildman–Crippen LogP) is 2.01. The van der Waals surface area contributed by atoms with Crippen molar-refractivity contribution in [3.63, 3.8) is 0 Å². The van der Waals surface area contributed by atoms with E-state index < -0.39 is 10.0 Å². The molecule has 0 unspecified atom stereocenters. The Morgan fingerprint density at radius 2 is 2.05 bits per heavy atom. The van der Waals surface area contributed by atoms with Gasteiger partial charge in [-0.3, -0.25) is 9.78 Å². The maximum absolute atomic E-state index is 12.5. The number of carbonyl (C=O) groups excluding carboxylic acids is 1. The van der Waals surface area contributed by atoms with Crippen molar-refractivity contribution < 1.29 is 17.6 Å². The van der Waals surface area contributed by atoms with E-state index in [2.05, 4.69) is 4.98 Å². The number of rotatable bonds is 6. The molecule has 0 aliphatic rings. The van der Waals surface area contributed by atoms with E-state index in [-0.39, 0.29) is 23.9 Å². The molecule has 0 aliphatic carbocycles. The summed E-state index contributed by atoms with van der Waals surface area (Å²) >= 11 is 0. The highest BCUT2D eigenvalue weighted by atomic mass is 32.2. The van der Waals surface area contributed by atoms with Gasteiger partial charge in [0.15, 0.2) is 12.0 Å². The first-order chi connectivity index (χ1) is 9.97. The molecule has 7 heteroatoms. The fourth-order valence-electron chi connectivity index (χ4n) is 1.90. The molecule has 0 aromatic carbocycles. The lowest BCUT2D eigenvalue weighted by Gasteiger charge is -2.18. The molecule has 0 spiro atoms. The molecule has 0 atom stereocenters. The van der Waals surface area contributed by atoms with Crippen molar-refractivity contribution in [3.05, 3.63) is 47.5 Å². The Bertz CT molecular complexity index is 737. The molecule has 2 rings (SSSR count). The van der Waals surface area contributed by atoms with Gasteiger partial charge >= 0.3 is 0 Å². The second-order valence-corrected chi connectivity index (χ2v) is 6.35. The molecule has 112 valence electrons. The van der Waals surface area contributed by atoms with Crippen LogP contribution in [-0.4, -0.2) is 30.5 Å². The van der Waals surface area contributed by atoms with Gasteiger partial charge in [0.2, 0.25) is 5.09 Å². The summed E-state index contributed by atoms with van der Waals surface area (Å²) in [5.74, 6) is -0.0155. The zero-order chi connectivity index (χ0) is 15.5. The average Bonchev–Trinajstić information content (AvgIpc) is 2.94. The van der Waals surface area contributed by atoms with Crippen LogP contribution in [0.3, 0.4) is 0 Å². The predicted molar refractivity (Wildman–Crippen MR) is 76.3 cm³/mol. The van der Waals surface area contributed by atoms with E-state index in [4.69, 9.17) is 4.42 Å². The third-order valence-electron chi connectivity index (χ3n) is 2.95. The van der Waals surface area contributed by atoms with Crippen LogP contribution in [0.4, 0.5) is 0 Å². The van der Waals surface area contributed by atoms with Crippen LogP contribution in [0.2, 0.25) is 0 Å². The average molecular weight is 308 g/mol. The first-order valence-electron chi connectivity index (χ1n) is 6.45. The van der Waals surface area contributed by atoms with Crippen LogP contribution >= 0.6 is 0 Å². The van der Waals surface area contributed by atoms with E-state index in [9.17, 15) is 13.2 Å². The van der Waals surface area contributed by atoms with E-state index in [0.29, 0.717) is 12.0 Å². The van der Waals surface area contributed by atoms with Gasteiger partial charge in [-0.1, -0.05) is 13.0 Å². The largest absolute Gasteiger partial charge is 0.440 e. The minimum absolute atomic E-state index is 0.0155. The standard InChI is InChI=1S/C14H16N2O4S/c1-3-16(9-12-6-4-5-11(2)15-12)21(18,19)14-8-7-13(10-17)20-14/h4-8,10H,3,9H2,1-2H3. The SMILES string of the molecule is CCN(Cc1cccc(C)n1)S(=O)(=O)c1ccc(C=O)o1. The molecular weight excluding hydrogens is 292 g/mol. The minimum atomic E-state index is -3.78. The number of hydrogen-bond acceptors (Lipinski definition) is 5. The van der Waals surface area contributed by atoms with Crippen LogP contribution in [0.1, 0.15) is 28.9 Å². The Hall–Kier alpha value is -1.99. The summed E-state index contributed by atoms with van der Waals surface area (Å²) in [7, 11) is -3.78. The molecule has 0 bridgehead atoms. The van der Waals surface area contributed by atoms with E-state index in [1.54, 1.807) is 13.0 Å². The lowest BCUT2D eigenvalue weighted by atomic mass is 10.3. The van der Waals surface area contributed by atoms with Crippen molar-refractivity contribution in [2.24, 2.45) is 0 Å². The summed E-state index contributed by atoms with van der Waals surface area (Å²) in [5.41, 5.74) is 1.48. The van der Waals surface area contributed by atoms with Crippen molar-refractivity contribution in [2.45, 2.75) is 25.5 Å². The van der Waals surface area contributed by atoms with Gasteiger partial charge in [-0.2, -0.15) is 4.31 Å². The fraction of sp³-hybridized carbons (Fsp3) is 0.286. The summed E-state index contributed by atoms with van der Waals surface area (Å²) in [5, 5.41) is -0.237. The van der Waals surface area contributed by atoms with Gasteiger partial charge in [-0.25, -0.2) is 8.42 Å². The maximum atomic E-state index is 12.5. The number of furan rings is 1. The van der Waals surface area contributed by atoms with Gasteiger partial charge in [-0.05, 0) is 31.2 Å². The number of aryl methyl sites for hydroxylation is 1. The van der Waals surface area contributed by atoms with E-state index in [0.717, 1.165) is 5.69 Å². The summed E-state index contributed by atoms with van der Waals surface area (Å²) < 4.78 is 31.2. The van der Waals surface area contributed by atoms with E-state index >= 15 is 0 Å². The van der Waals surface area contributed by atoms with Crippen molar-refractivity contribution in [2.75, 3.05) is 6.54 Å². The van der Waals surface area contributed by atoms with E-state index in [1.165, 1.54) is 16.4 Å². The van der Waals surface area contributed by atoms with E-state index in [1.807, 2.05) is 19.1 Å². The van der Waals surface area contributed by atoms with Crippen molar-refractivity contribution in [3.8, 4) is 0 Å². The highest BCUT2D eigenvalue weighted by Gasteiger charge is 2.27. The molecule has 2 aromatic rings. The van der Waals surface area contributed by atoms with Crippen molar-refractivity contribution in [1.82, 2.24) is 9.29 Å². The molecule has 0 saturated carbocycles. The van der Waals surface area contributed by atoms with Crippen LogP contribution < -0.4 is 0 Å². The Morgan fingerprint density at radius 3 is 2.62 bits per heavy atom. The quantitative estimate of drug-likeness (QED) is 0.763. The first kappa shape index (κ1) is 15.4. The van der Waals surface area contributed by atoms with Crippen LogP contribution in [0.25, 0.3) is 0 Å². The number of sulfonamides is 1. The molecule has 2 aromatic heterocycles. The van der Waals surface area contributed by atoms with Gasteiger partial charge in [-0.15, -0.1) is 0 Å². The lowest BCUT2D eigenvalue weighted by Crippen LogP contribution is -2.30. The molecule has 0 N–H and O–H groups in total. The summed E-state index contributed by atoms with van der Waals surface area (Å²) in [4.78, 5) is 14.9. The van der Waals surface area contributed by atoms with Gasteiger partial charge in [0, 0.05) is 12.2 Å². The molecule has 0 radical (unpaired) electrons. The van der Waals surface area contributed by atoms with Crippen LogP contribution in [0.15, 0.2) is 39.8 Å². The van der Waals surface area contributed by atoms with Crippen LogP contribution in [-0.2, 0) is 16.6 Å². The maximum Gasteiger partial charge on any atom is 0.276 e. The number of nitrogens with zero attached hydrogens (tertiary/aromatic N) is 2. The molecule has 2 heterocycles. The molecule has 0 amide bonds. The summed E-state index contributed by atoms with van der Waals surface area (Å²) in [6.45, 7) is 4.00. The van der Waals surface area contributed by atoms with Gasteiger partial charge in [0.25, 0.3) is 10.0 Å². The van der Waals surface area contributed by atoms with Gasteiger partial charge in [0.1, 0.15) is 0 Å². The zero-order valence-corrected chi connectivity index (χ0v) is 12.6. The molecule has 21 heavy (non-hydrogen) atoms. The Morgan fingerprint density at radius 1 is 1.29 bits per heavy atom. The fourth-order valence-corrected chi connectivity index (χ4v) is 3.24. The number of pyridine rings is 1. The smallest absolute Gasteiger partial charge is 0.276 e. The Balaban J connectivity index is 2.29. The molecule has 0 aliphatic heterocycles. The zero-order valence-electron chi connectivity index (χ0n) is 11.8. The lowest BCUT2D eigenvalue weighted by molar-refractivity contribution is 0.109.